The molecule has 2 aliphatic heterocycles. The minimum absolute atomic E-state index is 0.0731. The number of fused-ring (bicyclic) bond motifs is 1. The second-order valence-corrected chi connectivity index (χ2v) is 8.31. The predicted molar refractivity (Wildman–Crippen MR) is 119 cm³/mol. The van der Waals surface area contributed by atoms with Crippen LogP contribution in [0.25, 0.3) is 0 Å². The molecule has 3 N–H and O–H groups in total. The molecule has 0 unspecified atom stereocenters. The summed E-state index contributed by atoms with van der Waals surface area (Å²) >= 11 is 0. The van der Waals surface area contributed by atoms with Crippen LogP contribution in [0.1, 0.15) is 56.3 Å². The topological polar surface area (TPSA) is 83.1 Å². The Morgan fingerprint density at radius 1 is 1.23 bits per heavy atom. The lowest BCUT2D eigenvalue weighted by atomic mass is 9.93. The van der Waals surface area contributed by atoms with Crippen molar-refractivity contribution in [1.82, 2.24) is 10.2 Å². The van der Waals surface area contributed by atoms with Gasteiger partial charge in [0.05, 0.1) is 24.9 Å². The van der Waals surface area contributed by atoms with Crippen LogP contribution in [0.4, 0.5) is 5.69 Å². The van der Waals surface area contributed by atoms with E-state index in [4.69, 9.17) is 9.47 Å². The molecular formula is C23H37N3O4. The van der Waals surface area contributed by atoms with Gasteiger partial charge in [-0.1, -0.05) is 20.3 Å². The van der Waals surface area contributed by atoms with Gasteiger partial charge in [-0.15, -0.1) is 0 Å². The van der Waals surface area contributed by atoms with Gasteiger partial charge >= 0.3 is 0 Å². The molecule has 168 valence electrons. The monoisotopic (exact) mass is 419 g/mol. The van der Waals surface area contributed by atoms with Crippen molar-refractivity contribution in [1.29, 1.82) is 0 Å². The van der Waals surface area contributed by atoms with Crippen molar-refractivity contribution in [3.63, 3.8) is 0 Å². The summed E-state index contributed by atoms with van der Waals surface area (Å²) in [5.41, 5.74) is 1.35. The van der Waals surface area contributed by atoms with Gasteiger partial charge in [0.15, 0.2) is 11.5 Å². The number of aliphatic hydroxyl groups is 1. The minimum Gasteiger partial charge on any atom is -0.489 e. The molecule has 0 aromatic heterocycles. The molecule has 0 aliphatic carbocycles. The standard InChI is InChI=1S/C23H37N3O4/c1-3-5-9-26-10-7-17(20(27)16-26)15-25-23(28)19-13-18(24-8-4-2)14-21-22(19)30-12-6-11-29-21/h13-14,17,20,24,27H,3-12,15-16H2,1-2H3,(H,25,28)/t17-,20+/m0/s1. The number of unbranched alkanes of at least 4 members (excludes halogenated alkanes) is 1. The molecule has 1 aromatic carbocycles. The summed E-state index contributed by atoms with van der Waals surface area (Å²) in [5.74, 6) is 1.02. The summed E-state index contributed by atoms with van der Waals surface area (Å²) in [6, 6.07) is 3.74. The van der Waals surface area contributed by atoms with E-state index in [1.165, 1.54) is 0 Å². The molecule has 3 rings (SSSR count). The fourth-order valence-electron chi connectivity index (χ4n) is 4.00. The Bertz CT molecular complexity index is 697. The van der Waals surface area contributed by atoms with E-state index in [0.717, 1.165) is 57.4 Å². The normalized spacial score (nSPS) is 21.7. The zero-order valence-electron chi connectivity index (χ0n) is 18.4. The molecule has 0 spiro atoms. The molecule has 7 nitrogen and oxygen atoms in total. The highest BCUT2D eigenvalue weighted by molar-refractivity contribution is 5.99. The van der Waals surface area contributed by atoms with E-state index in [9.17, 15) is 9.90 Å². The number of amides is 1. The number of piperidine rings is 1. The SMILES string of the molecule is CCCCN1CC[C@@H](CNC(=O)c2cc(NCCC)cc3c2OCCCO3)[C@H](O)C1. The maximum atomic E-state index is 13.0. The number of benzene rings is 1. The van der Waals surface area contributed by atoms with Crippen LogP contribution in [-0.2, 0) is 0 Å². The third-order valence-electron chi connectivity index (χ3n) is 5.83. The summed E-state index contributed by atoms with van der Waals surface area (Å²) in [6.45, 7) is 9.37. The van der Waals surface area contributed by atoms with Crippen LogP contribution in [0.5, 0.6) is 11.5 Å². The largest absolute Gasteiger partial charge is 0.489 e. The van der Waals surface area contributed by atoms with Crippen LogP contribution in [0.2, 0.25) is 0 Å². The molecule has 2 atom stereocenters. The highest BCUT2D eigenvalue weighted by Crippen LogP contribution is 2.36. The van der Waals surface area contributed by atoms with Crippen molar-refractivity contribution in [3.05, 3.63) is 17.7 Å². The number of nitrogens with one attached hydrogen (secondary N) is 2. The molecule has 0 radical (unpaired) electrons. The first-order valence-electron chi connectivity index (χ1n) is 11.5. The van der Waals surface area contributed by atoms with Crippen LogP contribution in [0, 0.1) is 5.92 Å². The number of β-amino-alcohol motifs (C(OH)–C–C–N with tert-alkyl or cyclic N) is 1. The Morgan fingerprint density at radius 2 is 2.07 bits per heavy atom. The van der Waals surface area contributed by atoms with Crippen LogP contribution in [0.3, 0.4) is 0 Å². The van der Waals surface area contributed by atoms with Gasteiger partial charge in [0.1, 0.15) is 0 Å². The smallest absolute Gasteiger partial charge is 0.255 e. The first-order chi connectivity index (χ1) is 14.6. The molecule has 2 aliphatic rings. The van der Waals surface area contributed by atoms with Crippen LogP contribution in [0.15, 0.2) is 12.1 Å². The molecule has 0 bridgehead atoms. The Balaban J connectivity index is 1.64. The zero-order chi connectivity index (χ0) is 21.3. The molecule has 1 aromatic rings. The second kappa shape index (κ2) is 11.4. The fraction of sp³-hybridized carbons (Fsp3) is 0.696. The van der Waals surface area contributed by atoms with Gasteiger partial charge in [0.25, 0.3) is 5.91 Å². The number of aliphatic hydroxyl groups excluding tert-OH is 1. The fourth-order valence-corrected chi connectivity index (χ4v) is 4.00. The molecule has 7 heteroatoms. The zero-order valence-corrected chi connectivity index (χ0v) is 18.4. The van der Waals surface area contributed by atoms with Crippen molar-refractivity contribution in [2.75, 3.05) is 51.3 Å². The molecule has 0 saturated carbocycles. The van der Waals surface area contributed by atoms with Crippen molar-refractivity contribution in [2.24, 2.45) is 5.92 Å². The van der Waals surface area contributed by atoms with Gasteiger partial charge < -0.3 is 30.1 Å². The van der Waals surface area contributed by atoms with E-state index in [-0.39, 0.29) is 11.8 Å². The Morgan fingerprint density at radius 3 is 2.83 bits per heavy atom. The third-order valence-corrected chi connectivity index (χ3v) is 5.83. The van der Waals surface area contributed by atoms with Gasteiger partial charge in [-0.3, -0.25) is 4.79 Å². The first kappa shape index (κ1) is 22.7. The number of hydrogen-bond donors (Lipinski definition) is 3. The van der Waals surface area contributed by atoms with Gasteiger partial charge in [-0.2, -0.15) is 0 Å². The van der Waals surface area contributed by atoms with E-state index in [1.807, 2.05) is 12.1 Å². The average Bonchev–Trinajstić information content (AvgIpc) is 3.00. The highest BCUT2D eigenvalue weighted by Gasteiger charge is 2.28. The summed E-state index contributed by atoms with van der Waals surface area (Å²) < 4.78 is 11.7. The minimum atomic E-state index is -0.412. The summed E-state index contributed by atoms with van der Waals surface area (Å²) in [4.78, 5) is 15.4. The summed E-state index contributed by atoms with van der Waals surface area (Å²) in [6.07, 6.45) is 4.57. The maximum Gasteiger partial charge on any atom is 0.255 e. The number of likely N-dealkylation sites (tertiary alicyclic amines) is 1. The van der Waals surface area contributed by atoms with E-state index in [2.05, 4.69) is 29.4 Å². The van der Waals surface area contributed by atoms with Crippen LogP contribution < -0.4 is 20.1 Å². The lowest BCUT2D eigenvalue weighted by Gasteiger charge is -2.36. The first-order valence-corrected chi connectivity index (χ1v) is 11.5. The third kappa shape index (κ3) is 6.01. The Hall–Kier alpha value is -1.99. The Labute approximate surface area is 180 Å². The number of anilines is 1. The lowest BCUT2D eigenvalue weighted by Crippen LogP contribution is -2.47. The summed E-state index contributed by atoms with van der Waals surface area (Å²) in [5, 5.41) is 16.9. The number of nitrogens with zero attached hydrogens (tertiary/aromatic N) is 1. The quantitative estimate of drug-likeness (QED) is 0.571. The molecule has 30 heavy (non-hydrogen) atoms. The number of carbonyl (C=O) groups is 1. The number of carbonyl (C=O) groups excluding carboxylic acids is 1. The van der Waals surface area contributed by atoms with Gasteiger partial charge in [0.2, 0.25) is 0 Å². The molecule has 2 heterocycles. The van der Waals surface area contributed by atoms with E-state index in [0.29, 0.717) is 43.4 Å². The number of ether oxygens (including phenoxy) is 2. The van der Waals surface area contributed by atoms with E-state index >= 15 is 0 Å². The predicted octanol–water partition coefficient (Wildman–Crippen LogP) is 2.88. The van der Waals surface area contributed by atoms with Crippen LogP contribution in [-0.4, -0.2) is 68.0 Å². The van der Waals surface area contributed by atoms with Crippen LogP contribution >= 0.6 is 0 Å². The second-order valence-electron chi connectivity index (χ2n) is 8.31. The van der Waals surface area contributed by atoms with E-state index < -0.39 is 6.10 Å². The van der Waals surface area contributed by atoms with Gasteiger partial charge in [0, 0.05) is 43.7 Å². The summed E-state index contributed by atoms with van der Waals surface area (Å²) in [7, 11) is 0. The molecule has 1 fully saturated rings. The van der Waals surface area contributed by atoms with Crippen molar-refractivity contribution < 1.29 is 19.4 Å². The van der Waals surface area contributed by atoms with Crippen molar-refractivity contribution in [2.45, 2.75) is 52.1 Å². The molecular weight excluding hydrogens is 382 g/mol. The number of hydrogen-bond acceptors (Lipinski definition) is 6. The molecule has 1 amide bonds. The average molecular weight is 420 g/mol. The maximum absolute atomic E-state index is 13.0. The highest BCUT2D eigenvalue weighted by atomic mass is 16.5. The van der Waals surface area contributed by atoms with Crippen molar-refractivity contribution in [3.8, 4) is 11.5 Å². The lowest BCUT2D eigenvalue weighted by molar-refractivity contribution is 0.0217. The van der Waals surface area contributed by atoms with Crippen molar-refractivity contribution >= 4 is 11.6 Å². The van der Waals surface area contributed by atoms with Gasteiger partial charge in [-0.25, -0.2) is 0 Å². The number of rotatable bonds is 9. The molecule has 1 saturated heterocycles. The Kier molecular flexibility index (Phi) is 8.63. The van der Waals surface area contributed by atoms with Gasteiger partial charge in [-0.05, 0) is 38.4 Å². The van der Waals surface area contributed by atoms with E-state index in [1.54, 1.807) is 0 Å².